The van der Waals surface area contributed by atoms with Crippen LogP contribution in [0.15, 0.2) is 42.7 Å². The van der Waals surface area contributed by atoms with Gasteiger partial charge in [0.1, 0.15) is 24.8 Å². The molecule has 36 heavy (non-hydrogen) atoms. The summed E-state index contributed by atoms with van der Waals surface area (Å²) in [5.41, 5.74) is 5.04. The minimum atomic E-state index is -0.816. The SMILES string of the molecule is Cc1cc(OCC2CCCO2)cc(C)c1-c1ccc(F)c(COc2cnc([C@H]3C[C@@H]3C(=O)O)cn2)c1. The van der Waals surface area contributed by atoms with E-state index in [0.717, 1.165) is 47.5 Å². The highest BCUT2D eigenvalue weighted by Gasteiger charge is 2.45. The summed E-state index contributed by atoms with van der Waals surface area (Å²) in [6.45, 7) is 5.38. The van der Waals surface area contributed by atoms with E-state index in [1.807, 2.05) is 26.0 Å². The first-order chi connectivity index (χ1) is 17.4. The van der Waals surface area contributed by atoms with E-state index in [-0.39, 0.29) is 30.3 Å². The molecule has 5 rings (SSSR count). The number of carboxylic acid groups (broad SMARTS) is 1. The van der Waals surface area contributed by atoms with Crippen molar-refractivity contribution in [1.82, 2.24) is 9.97 Å². The van der Waals surface area contributed by atoms with Gasteiger partial charge < -0.3 is 19.3 Å². The van der Waals surface area contributed by atoms with E-state index in [0.29, 0.717) is 24.3 Å². The zero-order valence-electron chi connectivity index (χ0n) is 20.4. The van der Waals surface area contributed by atoms with Crippen molar-refractivity contribution < 1.29 is 28.5 Å². The lowest BCUT2D eigenvalue weighted by molar-refractivity contribution is -0.138. The zero-order valence-corrected chi connectivity index (χ0v) is 20.4. The Balaban J connectivity index is 1.26. The third-order valence-corrected chi connectivity index (χ3v) is 6.81. The van der Waals surface area contributed by atoms with Gasteiger partial charge in [-0.05, 0) is 79.6 Å². The summed E-state index contributed by atoms with van der Waals surface area (Å²) < 4.78 is 31.9. The van der Waals surface area contributed by atoms with Crippen molar-refractivity contribution in [2.24, 2.45) is 5.92 Å². The molecular formula is C28H29FN2O5. The number of benzene rings is 2. The maximum atomic E-state index is 14.6. The maximum absolute atomic E-state index is 14.6. The molecule has 1 saturated carbocycles. The predicted octanol–water partition coefficient (Wildman–Crippen LogP) is 5.22. The largest absolute Gasteiger partial charge is 0.491 e. The first kappa shape index (κ1) is 24.2. The summed E-state index contributed by atoms with van der Waals surface area (Å²) in [6, 6.07) is 9.01. The molecule has 2 heterocycles. The van der Waals surface area contributed by atoms with Gasteiger partial charge in [0.25, 0.3) is 0 Å². The first-order valence-electron chi connectivity index (χ1n) is 12.2. The molecule has 1 aliphatic heterocycles. The van der Waals surface area contributed by atoms with Crippen LogP contribution in [0.5, 0.6) is 11.6 Å². The Kier molecular flexibility index (Phi) is 6.87. The van der Waals surface area contributed by atoms with Gasteiger partial charge in [0.15, 0.2) is 0 Å². The van der Waals surface area contributed by atoms with Gasteiger partial charge in [0.05, 0.1) is 30.1 Å². The fourth-order valence-electron chi connectivity index (χ4n) is 4.81. The molecule has 3 aromatic rings. The molecule has 1 saturated heterocycles. The summed E-state index contributed by atoms with van der Waals surface area (Å²) in [5, 5.41) is 9.07. The summed E-state index contributed by atoms with van der Waals surface area (Å²) in [4.78, 5) is 19.6. The number of carboxylic acids is 1. The van der Waals surface area contributed by atoms with E-state index in [4.69, 9.17) is 19.3 Å². The van der Waals surface area contributed by atoms with Crippen LogP contribution >= 0.6 is 0 Å². The summed E-state index contributed by atoms with van der Waals surface area (Å²) in [6.07, 6.45) is 5.82. The number of nitrogens with zero attached hydrogens (tertiary/aromatic N) is 2. The molecule has 0 amide bonds. The number of aryl methyl sites for hydroxylation is 2. The molecule has 2 aliphatic rings. The molecule has 0 radical (unpaired) electrons. The number of aromatic nitrogens is 2. The second-order valence-electron chi connectivity index (χ2n) is 9.54. The van der Waals surface area contributed by atoms with Crippen molar-refractivity contribution in [2.45, 2.75) is 51.7 Å². The van der Waals surface area contributed by atoms with Crippen molar-refractivity contribution >= 4 is 5.97 Å². The Morgan fingerprint density at radius 3 is 2.58 bits per heavy atom. The molecule has 8 heteroatoms. The minimum absolute atomic E-state index is 0.00441. The van der Waals surface area contributed by atoms with Crippen molar-refractivity contribution in [2.75, 3.05) is 13.2 Å². The van der Waals surface area contributed by atoms with E-state index < -0.39 is 11.9 Å². The molecule has 188 valence electrons. The van der Waals surface area contributed by atoms with Crippen LogP contribution in [0.2, 0.25) is 0 Å². The van der Waals surface area contributed by atoms with E-state index in [1.54, 1.807) is 12.1 Å². The van der Waals surface area contributed by atoms with Gasteiger partial charge in [-0.15, -0.1) is 0 Å². The molecule has 0 spiro atoms. The van der Waals surface area contributed by atoms with Gasteiger partial charge in [0, 0.05) is 18.1 Å². The molecule has 0 bridgehead atoms. The summed E-state index contributed by atoms with van der Waals surface area (Å²) in [5.74, 6) is -0.607. The van der Waals surface area contributed by atoms with Crippen molar-refractivity contribution in [3.05, 3.63) is 70.9 Å². The highest BCUT2D eigenvalue weighted by Crippen LogP contribution is 2.46. The molecular weight excluding hydrogens is 463 g/mol. The van der Waals surface area contributed by atoms with Crippen LogP contribution in [0, 0.1) is 25.6 Å². The lowest BCUT2D eigenvalue weighted by atomic mass is 9.94. The number of carbonyl (C=O) groups is 1. The number of ether oxygens (including phenoxy) is 3. The van der Waals surface area contributed by atoms with Crippen LogP contribution in [-0.4, -0.2) is 40.4 Å². The quantitative estimate of drug-likeness (QED) is 0.438. The molecule has 2 fully saturated rings. The van der Waals surface area contributed by atoms with Crippen LogP contribution in [0.1, 0.15) is 47.6 Å². The molecule has 1 unspecified atom stereocenters. The molecule has 1 N–H and O–H groups in total. The first-order valence-corrected chi connectivity index (χ1v) is 12.2. The number of halogens is 1. The van der Waals surface area contributed by atoms with Crippen LogP contribution in [-0.2, 0) is 16.1 Å². The van der Waals surface area contributed by atoms with Crippen molar-refractivity contribution in [3.63, 3.8) is 0 Å². The fourth-order valence-corrected chi connectivity index (χ4v) is 4.81. The third-order valence-electron chi connectivity index (χ3n) is 6.81. The van der Waals surface area contributed by atoms with Gasteiger partial charge in [-0.1, -0.05) is 6.07 Å². The van der Waals surface area contributed by atoms with Crippen LogP contribution in [0.3, 0.4) is 0 Å². The topological polar surface area (TPSA) is 90.8 Å². The van der Waals surface area contributed by atoms with Crippen molar-refractivity contribution in [1.29, 1.82) is 0 Å². The number of hydrogen-bond acceptors (Lipinski definition) is 6. The van der Waals surface area contributed by atoms with E-state index in [1.165, 1.54) is 18.5 Å². The Morgan fingerprint density at radius 2 is 1.94 bits per heavy atom. The third kappa shape index (κ3) is 5.33. The maximum Gasteiger partial charge on any atom is 0.307 e. The Hall–Kier alpha value is -3.52. The second kappa shape index (κ2) is 10.2. The number of aliphatic carboxylic acids is 1. The van der Waals surface area contributed by atoms with Gasteiger partial charge in [-0.25, -0.2) is 9.37 Å². The van der Waals surface area contributed by atoms with Gasteiger partial charge >= 0.3 is 5.97 Å². The molecule has 1 aromatic heterocycles. The summed E-state index contributed by atoms with van der Waals surface area (Å²) in [7, 11) is 0. The number of rotatable bonds is 9. The van der Waals surface area contributed by atoms with E-state index in [9.17, 15) is 9.18 Å². The Morgan fingerprint density at radius 1 is 1.14 bits per heavy atom. The van der Waals surface area contributed by atoms with E-state index in [2.05, 4.69) is 9.97 Å². The second-order valence-corrected chi connectivity index (χ2v) is 9.54. The lowest BCUT2D eigenvalue weighted by Gasteiger charge is -2.16. The van der Waals surface area contributed by atoms with Crippen molar-refractivity contribution in [3.8, 4) is 22.8 Å². The average Bonchev–Trinajstić information content (AvgIpc) is 3.50. The van der Waals surface area contributed by atoms with Gasteiger partial charge in [-0.2, -0.15) is 0 Å². The van der Waals surface area contributed by atoms with Crippen LogP contribution < -0.4 is 9.47 Å². The van der Waals surface area contributed by atoms with Crippen LogP contribution in [0.25, 0.3) is 11.1 Å². The monoisotopic (exact) mass is 492 g/mol. The average molecular weight is 493 g/mol. The van der Waals surface area contributed by atoms with Crippen LogP contribution in [0.4, 0.5) is 4.39 Å². The number of hydrogen-bond donors (Lipinski definition) is 1. The zero-order chi connectivity index (χ0) is 25.2. The van der Waals surface area contributed by atoms with E-state index >= 15 is 0 Å². The fraction of sp³-hybridized carbons (Fsp3) is 0.393. The highest BCUT2D eigenvalue weighted by atomic mass is 19.1. The molecule has 3 atom stereocenters. The standard InChI is InChI=1S/C28H29FN2O5/c1-16-8-21(35-15-20-4-3-7-34-20)9-17(2)27(16)18-5-6-24(29)19(10-18)14-36-26-13-30-25(12-31-26)22-11-23(22)28(32)33/h5-6,8-10,12-13,20,22-23H,3-4,7,11,14-15H2,1-2H3,(H,32,33)/t20?,22-,23-/m0/s1. The molecule has 7 nitrogen and oxygen atoms in total. The Labute approximate surface area is 209 Å². The normalized spacial score (nSPS) is 20.8. The molecule has 2 aromatic carbocycles. The predicted molar refractivity (Wildman–Crippen MR) is 131 cm³/mol. The summed E-state index contributed by atoms with van der Waals surface area (Å²) >= 11 is 0. The highest BCUT2D eigenvalue weighted by molar-refractivity contribution is 5.75. The lowest BCUT2D eigenvalue weighted by Crippen LogP contribution is -2.16. The molecule has 1 aliphatic carbocycles. The Bertz CT molecular complexity index is 1230. The smallest absolute Gasteiger partial charge is 0.307 e. The van der Waals surface area contributed by atoms with Gasteiger partial charge in [-0.3, -0.25) is 9.78 Å². The van der Waals surface area contributed by atoms with Gasteiger partial charge in [0.2, 0.25) is 5.88 Å². The minimum Gasteiger partial charge on any atom is -0.491 e.